The normalized spacial score (nSPS) is 27.9. The highest BCUT2D eigenvalue weighted by Gasteiger charge is 2.29. The van der Waals surface area contributed by atoms with Crippen molar-refractivity contribution in [3.63, 3.8) is 0 Å². The van der Waals surface area contributed by atoms with Crippen LogP contribution in [0, 0.1) is 0 Å². The Kier molecular flexibility index (Phi) is 3.66. The second-order valence-corrected chi connectivity index (χ2v) is 5.54. The van der Waals surface area contributed by atoms with E-state index in [1.807, 2.05) is 13.8 Å². The van der Waals surface area contributed by atoms with Crippen molar-refractivity contribution in [2.75, 3.05) is 13.6 Å². The summed E-state index contributed by atoms with van der Waals surface area (Å²) in [6.07, 6.45) is 2.82. The lowest BCUT2D eigenvalue weighted by atomic mass is 10.1. The largest absolute Gasteiger partial charge is 0.361 e. The molecule has 0 aromatic heterocycles. The van der Waals surface area contributed by atoms with Crippen molar-refractivity contribution in [1.29, 1.82) is 0 Å². The number of rotatable bonds is 3. The van der Waals surface area contributed by atoms with Crippen molar-refractivity contribution in [1.82, 2.24) is 4.90 Å². The van der Waals surface area contributed by atoms with Crippen molar-refractivity contribution < 1.29 is 4.74 Å². The SMILES string of the molecule is C[C@H](OC(C)(C)S)[C@@H]1CCCN1C. The van der Waals surface area contributed by atoms with E-state index in [9.17, 15) is 0 Å². The molecule has 13 heavy (non-hydrogen) atoms. The van der Waals surface area contributed by atoms with Gasteiger partial charge in [0.2, 0.25) is 0 Å². The fourth-order valence-electron chi connectivity index (χ4n) is 2.06. The molecule has 2 nitrogen and oxygen atoms in total. The zero-order chi connectivity index (χ0) is 10.1. The average Bonchev–Trinajstić information content (AvgIpc) is 2.30. The molecule has 1 fully saturated rings. The van der Waals surface area contributed by atoms with Gasteiger partial charge in [-0.3, -0.25) is 0 Å². The molecule has 0 aromatic rings. The first-order valence-electron chi connectivity index (χ1n) is 5.00. The van der Waals surface area contributed by atoms with Crippen LogP contribution in [0.2, 0.25) is 0 Å². The monoisotopic (exact) mass is 203 g/mol. The molecule has 0 radical (unpaired) electrons. The standard InChI is InChI=1S/C10H21NOS/c1-8(12-10(2,3)13)9-6-5-7-11(9)4/h8-9,13H,5-7H2,1-4H3/t8-,9-/m0/s1. The molecule has 78 valence electrons. The number of likely N-dealkylation sites (N-methyl/N-ethyl adjacent to an activating group) is 1. The van der Waals surface area contributed by atoms with Gasteiger partial charge in [-0.1, -0.05) is 0 Å². The molecule has 1 rings (SSSR count). The molecule has 0 aromatic carbocycles. The fraction of sp³-hybridized carbons (Fsp3) is 1.00. The Balaban J connectivity index is 2.43. The summed E-state index contributed by atoms with van der Waals surface area (Å²) in [5, 5.41) is 0. The summed E-state index contributed by atoms with van der Waals surface area (Å²) in [4.78, 5) is 2.06. The Bertz CT molecular complexity index is 167. The molecule has 2 atom stereocenters. The fourth-order valence-corrected chi connectivity index (χ4v) is 2.23. The van der Waals surface area contributed by atoms with E-state index < -0.39 is 0 Å². The molecule has 0 unspecified atom stereocenters. The summed E-state index contributed by atoms with van der Waals surface area (Å²) in [5.41, 5.74) is 0. The van der Waals surface area contributed by atoms with Crippen molar-refractivity contribution in [2.45, 2.75) is 50.7 Å². The predicted octanol–water partition coefficient (Wildman–Crippen LogP) is 2.15. The molecule has 3 heteroatoms. The van der Waals surface area contributed by atoms with Gasteiger partial charge in [0, 0.05) is 6.04 Å². The van der Waals surface area contributed by atoms with Crippen LogP contribution in [0.5, 0.6) is 0 Å². The van der Waals surface area contributed by atoms with Gasteiger partial charge in [-0.25, -0.2) is 0 Å². The maximum absolute atomic E-state index is 5.81. The van der Waals surface area contributed by atoms with Gasteiger partial charge >= 0.3 is 0 Å². The first-order valence-corrected chi connectivity index (χ1v) is 5.45. The lowest BCUT2D eigenvalue weighted by Gasteiger charge is -2.31. The number of nitrogens with zero attached hydrogens (tertiary/aromatic N) is 1. The Hall–Kier alpha value is 0.270. The molecule has 0 aliphatic carbocycles. The maximum Gasteiger partial charge on any atom is 0.105 e. The third kappa shape index (κ3) is 3.49. The summed E-state index contributed by atoms with van der Waals surface area (Å²) in [6, 6.07) is 0.575. The van der Waals surface area contributed by atoms with Crippen LogP contribution >= 0.6 is 12.6 Å². The molecule has 0 amide bonds. The summed E-state index contributed by atoms with van der Waals surface area (Å²) in [5.74, 6) is 0. The smallest absolute Gasteiger partial charge is 0.105 e. The van der Waals surface area contributed by atoms with Gasteiger partial charge in [0.05, 0.1) is 6.10 Å². The molecular formula is C10H21NOS. The van der Waals surface area contributed by atoms with Crippen molar-refractivity contribution >= 4 is 12.6 Å². The van der Waals surface area contributed by atoms with Crippen molar-refractivity contribution in [3.05, 3.63) is 0 Å². The second kappa shape index (κ2) is 4.20. The zero-order valence-corrected chi connectivity index (χ0v) is 9.97. The molecule has 1 aliphatic rings. The van der Waals surface area contributed by atoms with Crippen LogP contribution in [0.15, 0.2) is 0 Å². The van der Waals surface area contributed by atoms with Crippen LogP contribution < -0.4 is 0 Å². The lowest BCUT2D eigenvalue weighted by molar-refractivity contribution is -0.0373. The second-order valence-electron chi connectivity index (χ2n) is 4.46. The van der Waals surface area contributed by atoms with E-state index >= 15 is 0 Å². The van der Waals surface area contributed by atoms with Gasteiger partial charge < -0.3 is 9.64 Å². The summed E-state index contributed by atoms with van der Waals surface area (Å²) in [6.45, 7) is 7.32. The van der Waals surface area contributed by atoms with E-state index in [1.165, 1.54) is 19.4 Å². The topological polar surface area (TPSA) is 12.5 Å². The van der Waals surface area contributed by atoms with Gasteiger partial charge in [-0.2, -0.15) is 0 Å². The third-order valence-corrected chi connectivity index (χ3v) is 2.70. The zero-order valence-electron chi connectivity index (χ0n) is 9.08. The highest BCUT2D eigenvalue weighted by Crippen LogP contribution is 2.24. The molecule has 0 saturated carbocycles. The van der Waals surface area contributed by atoms with Crippen LogP contribution in [0.1, 0.15) is 33.6 Å². The minimum Gasteiger partial charge on any atom is -0.361 e. The van der Waals surface area contributed by atoms with Gasteiger partial charge in [0.15, 0.2) is 0 Å². The van der Waals surface area contributed by atoms with E-state index in [-0.39, 0.29) is 11.0 Å². The van der Waals surface area contributed by atoms with Crippen LogP contribution in [-0.4, -0.2) is 35.6 Å². The molecule has 0 N–H and O–H groups in total. The van der Waals surface area contributed by atoms with E-state index in [0.29, 0.717) is 6.04 Å². The minimum absolute atomic E-state index is 0.278. The van der Waals surface area contributed by atoms with Gasteiger partial charge in [-0.15, -0.1) is 12.6 Å². The quantitative estimate of drug-likeness (QED) is 0.557. The third-order valence-electron chi connectivity index (χ3n) is 2.59. The number of ether oxygens (including phenoxy) is 1. The number of hydrogen-bond acceptors (Lipinski definition) is 3. The number of likely N-dealkylation sites (tertiary alicyclic amines) is 1. The highest BCUT2D eigenvalue weighted by atomic mass is 32.1. The van der Waals surface area contributed by atoms with Crippen LogP contribution in [0.3, 0.4) is 0 Å². The minimum atomic E-state index is -0.317. The van der Waals surface area contributed by atoms with Gasteiger partial charge in [0.1, 0.15) is 4.93 Å². The van der Waals surface area contributed by atoms with Crippen molar-refractivity contribution in [3.8, 4) is 0 Å². The summed E-state index contributed by atoms with van der Waals surface area (Å²) >= 11 is 4.38. The van der Waals surface area contributed by atoms with E-state index in [0.717, 1.165) is 0 Å². The first-order chi connectivity index (χ1) is 5.90. The van der Waals surface area contributed by atoms with E-state index in [2.05, 4.69) is 31.5 Å². The van der Waals surface area contributed by atoms with Crippen LogP contribution in [-0.2, 0) is 4.74 Å². The molecule has 1 heterocycles. The molecule has 0 spiro atoms. The Labute approximate surface area is 87.0 Å². The van der Waals surface area contributed by atoms with E-state index in [1.54, 1.807) is 0 Å². The Morgan fingerprint density at radius 1 is 1.54 bits per heavy atom. The summed E-state index contributed by atoms with van der Waals surface area (Å²) < 4.78 is 5.81. The van der Waals surface area contributed by atoms with Crippen LogP contribution in [0.4, 0.5) is 0 Å². The highest BCUT2D eigenvalue weighted by molar-refractivity contribution is 7.81. The van der Waals surface area contributed by atoms with E-state index in [4.69, 9.17) is 4.74 Å². The van der Waals surface area contributed by atoms with Crippen molar-refractivity contribution in [2.24, 2.45) is 0 Å². The predicted molar refractivity (Wildman–Crippen MR) is 59.3 cm³/mol. The molecule has 0 bridgehead atoms. The lowest BCUT2D eigenvalue weighted by Crippen LogP contribution is -2.39. The molecular weight excluding hydrogens is 182 g/mol. The maximum atomic E-state index is 5.81. The Morgan fingerprint density at radius 3 is 2.54 bits per heavy atom. The molecule has 1 aliphatic heterocycles. The summed E-state index contributed by atoms with van der Waals surface area (Å²) in [7, 11) is 2.17. The van der Waals surface area contributed by atoms with Gasteiger partial charge in [0.25, 0.3) is 0 Å². The first kappa shape index (κ1) is 11.3. The molecule has 1 saturated heterocycles. The average molecular weight is 203 g/mol. The number of hydrogen-bond donors (Lipinski definition) is 1. The Morgan fingerprint density at radius 2 is 2.15 bits per heavy atom. The van der Waals surface area contributed by atoms with Gasteiger partial charge in [-0.05, 0) is 47.2 Å². The van der Waals surface area contributed by atoms with Crippen LogP contribution in [0.25, 0.3) is 0 Å². The number of thiol groups is 1.